The second kappa shape index (κ2) is 9.81. The molecule has 6 nitrogen and oxygen atoms in total. The Bertz CT molecular complexity index is 985. The SMILES string of the molecule is CN(C)c1ccc(NC(=O)CCc2ccc(S(=O)(=O)N3CCCCC3)cc2)cc1Cl. The summed E-state index contributed by atoms with van der Waals surface area (Å²) in [5.41, 5.74) is 2.46. The van der Waals surface area contributed by atoms with E-state index in [9.17, 15) is 13.2 Å². The molecule has 0 aliphatic carbocycles. The number of rotatable bonds is 7. The van der Waals surface area contributed by atoms with Crippen LogP contribution in [0.3, 0.4) is 0 Å². The minimum absolute atomic E-state index is 0.117. The lowest BCUT2D eigenvalue weighted by atomic mass is 10.1. The highest BCUT2D eigenvalue weighted by Crippen LogP contribution is 2.27. The predicted octanol–water partition coefficient (Wildman–Crippen LogP) is 4.15. The van der Waals surface area contributed by atoms with Crippen LogP contribution in [-0.4, -0.2) is 45.8 Å². The summed E-state index contributed by atoms with van der Waals surface area (Å²) in [6.07, 6.45) is 3.73. The second-order valence-corrected chi connectivity index (χ2v) is 10.1. The molecule has 162 valence electrons. The van der Waals surface area contributed by atoms with Crippen molar-refractivity contribution in [2.45, 2.75) is 37.0 Å². The van der Waals surface area contributed by atoms with E-state index in [1.807, 2.05) is 31.1 Å². The molecule has 1 N–H and O–H groups in total. The zero-order valence-electron chi connectivity index (χ0n) is 17.4. The number of carbonyl (C=O) groups excluding carboxylic acids is 1. The zero-order valence-corrected chi connectivity index (χ0v) is 19.0. The molecular weight excluding hydrogens is 422 g/mol. The van der Waals surface area contributed by atoms with E-state index in [1.54, 1.807) is 34.6 Å². The Kier molecular flexibility index (Phi) is 7.39. The Morgan fingerprint density at radius 1 is 1.07 bits per heavy atom. The third kappa shape index (κ3) is 5.53. The standard InChI is InChI=1S/C22H28ClN3O3S/c1-25(2)21-12-9-18(16-20(21)23)24-22(27)13-8-17-6-10-19(11-7-17)30(28,29)26-14-4-3-5-15-26/h6-7,9-12,16H,3-5,8,13-15H2,1-2H3,(H,24,27). The van der Waals surface area contributed by atoms with E-state index in [1.165, 1.54) is 0 Å². The molecule has 2 aromatic rings. The van der Waals surface area contributed by atoms with Gasteiger partial charge >= 0.3 is 0 Å². The van der Waals surface area contributed by atoms with Crippen LogP contribution in [0.2, 0.25) is 5.02 Å². The van der Waals surface area contributed by atoms with Crippen molar-refractivity contribution < 1.29 is 13.2 Å². The Hall–Kier alpha value is -2.09. The molecule has 0 bridgehead atoms. The van der Waals surface area contributed by atoms with Gasteiger partial charge in [-0.25, -0.2) is 8.42 Å². The minimum atomic E-state index is -3.43. The lowest BCUT2D eigenvalue weighted by Gasteiger charge is -2.25. The number of sulfonamides is 1. The first kappa shape index (κ1) is 22.6. The van der Waals surface area contributed by atoms with E-state index >= 15 is 0 Å². The first-order chi connectivity index (χ1) is 14.3. The van der Waals surface area contributed by atoms with Crippen molar-refractivity contribution in [3.05, 3.63) is 53.1 Å². The van der Waals surface area contributed by atoms with Crippen LogP contribution in [0.25, 0.3) is 0 Å². The summed E-state index contributed by atoms with van der Waals surface area (Å²) in [5.74, 6) is -0.117. The number of nitrogens with zero attached hydrogens (tertiary/aromatic N) is 2. The Morgan fingerprint density at radius 3 is 2.33 bits per heavy atom. The molecule has 0 saturated carbocycles. The lowest BCUT2D eigenvalue weighted by Crippen LogP contribution is -2.35. The maximum absolute atomic E-state index is 12.7. The normalized spacial score (nSPS) is 15.0. The fourth-order valence-electron chi connectivity index (χ4n) is 3.51. The van der Waals surface area contributed by atoms with Gasteiger partial charge < -0.3 is 10.2 Å². The molecule has 1 amide bonds. The van der Waals surface area contributed by atoms with Crippen molar-refractivity contribution in [1.82, 2.24) is 4.31 Å². The zero-order chi connectivity index (χ0) is 21.7. The number of hydrogen-bond donors (Lipinski definition) is 1. The molecule has 0 radical (unpaired) electrons. The van der Waals surface area contributed by atoms with Gasteiger partial charge in [-0.1, -0.05) is 30.2 Å². The number of amides is 1. The van der Waals surface area contributed by atoms with E-state index in [0.717, 1.165) is 30.5 Å². The molecule has 0 spiro atoms. The third-order valence-corrected chi connectivity index (χ3v) is 7.45. The maximum atomic E-state index is 12.7. The monoisotopic (exact) mass is 449 g/mol. The van der Waals surface area contributed by atoms with Crippen LogP contribution >= 0.6 is 11.6 Å². The van der Waals surface area contributed by atoms with E-state index in [0.29, 0.717) is 41.5 Å². The van der Waals surface area contributed by atoms with Gasteiger partial charge in [-0.05, 0) is 55.2 Å². The molecule has 1 fully saturated rings. The Balaban J connectivity index is 1.56. The average molecular weight is 450 g/mol. The average Bonchev–Trinajstić information content (AvgIpc) is 2.73. The molecule has 1 aliphatic heterocycles. The molecule has 2 aromatic carbocycles. The second-order valence-electron chi connectivity index (χ2n) is 7.72. The van der Waals surface area contributed by atoms with Crippen LogP contribution < -0.4 is 10.2 Å². The summed E-state index contributed by atoms with van der Waals surface area (Å²) < 4.78 is 27.0. The van der Waals surface area contributed by atoms with E-state index in [-0.39, 0.29) is 5.91 Å². The van der Waals surface area contributed by atoms with Gasteiger partial charge in [0.1, 0.15) is 0 Å². The van der Waals surface area contributed by atoms with Crippen molar-refractivity contribution >= 4 is 38.9 Å². The minimum Gasteiger partial charge on any atom is -0.376 e. The number of nitrogens with one attached hydrogen (secondary N) is 1. The molecule has 0 unspecified atom stereocenters. The fourth-order valence-corrected chi connectivity index (χ4v) is 5.38. The number of piperidine rings is 1. The van der Waals surface area contributed by atoms with Gasteiger partial charge in [-0.2, -0.15) is 4.31 Å². The molecule has 0 aromatic heterocycles. The van der Waals surface area contributed by atoms with Crippen LogP contribution in [-0.2, 0) is 21.2 Å². The highest BCUT2D eigenvalue weighted by atomic mass is 35.5. The van der Waals surface area contributed by atoms with E-state index in [2.05, 4.69) is 5.32 Å². The first-order valence-corrected chi connectivity index (χ1v) is 11.9. The van der Waals surface area contributed by atoms with Crippen LogP contribution in [0.5, 0.6) is 0 Å². The van der Waals surface area contributed by atoms with Gasteiger partial charge in [0.25, 0.3) is 0 Å². The summed E-state index contributed by atoms with van der Waals surface area (Å²) in [6.45, 7) is 1.17. The molecule has 3 rings (SSSR count). The highest BCUT2D eigenvalue weighted by Gasteiger charge is 2.25. The molecular formula is C22H28ClN3O3S. The number of anilines is 2. The molecule has 30 heavy (non-hydrogen) atoms. The fraction of sp³-hybridized carbons (Fsp3) is 0.409. The maximum Gasteiger partial charge on any atom is 0.243 e. The van der Waals surface area contributed by atoms with Crippen LogP contribution in [0, 0.1) is 0 Å². The summed E-state index contributed by atoms with van der Waals surface area (Å²) in [7, 11) is 0.384. The summed E-state index contributed by atoms with van der Waals surface area (Å²) in [5, 5.41) is 3.43. The van der Waals surface area contributed by atoms with Crippen molar-refractivity contribution in [1.29, 1.82) is 0 Å². The van der Waals surface area contributed by atoms with Crippen LogP contribution in [0.1, 0.15) is 31.2 Å². The molecule has 0 atom stereocenters. The molecule has 1 saturated heterocycles. The Labute approximate surface area is 183 Å². The lowest BCUT2D eigenvalue weighted by molar-refractivity contribution is -0.116. The largest absolute Gasteiger partial charge is 0.376 e. The number of carbonyl (C=O) groups is 1. The van der Waals surface area contributed by atoms with Gasteiger partial charge in [0.2, 0.25) is 15.9 Å². The molecule has 8 heteroatoms. The number of benzene rings is 2. The number of aryl methyl sites for hydroxylation is 1. The predicted molar refractivity (Wildman–Crippen MR) is 122 cm³/mol. The number of hydrogen-bond acceptors (Lipinski definition) is 4. The van der Waals surface area contributed by atoms with Crippen molar-refractivity contribution in [2.24, 2.45) is 0 Å². The van der Waals surface area contributed by atoms with Gasteiger partial charge in [-0.3, -0.25) is 4.79 Å². The van der Waals surface area contributed by atoms with Crippen LogP contribution in [0.15, 0.2) is 47.4 Å². The van der Waals surface area contributed by atoms with Gasteiger partial charge in [0.15, 0.2) is 0 Å². The first-order valence-electron chi connectivity index (χ1n) is 10.1. The van der Waals surface area contributed by atoms with Gasteiger partial charge in [-0.15, -0.1) is 0 Å². The van der Waals surface area contributed by atoms with Crippen molar-refractivity contribution in [3.8, 4) is 0 Å². The number of halogens is 1. The summed E-state index contributed by atoms with van der Waals surface area (Å²) in [6, 6.07) is 12.3. The smallest absolute Gasteiger partial charge is 0.243 e. The van der Waals surface area contributed by atoms with Gasteiger partial charge in [0.05, 0.1) is 15.6 Å². The molecule has 1 heterocycles. The van der Waals surface area contributed by atoms with Gasteiger partial charge in [0, 0.05) is 39.3 Å². The third-order valence-electron chi connectivity index (χ3n) is 5.23. The van der Waals surface area contributed by atoms with Crippen molar-refractivity contribution in [2.75, 3.05) is 37.4 Å². The quantitative estimate of drug-likeness (QED) is 0.689. The molecule has 1 aliphatic rings. The highest BCUT2D eigenvalue weighted by molar-refractivity contribution is 7.89. The van der Waals surface area contributed by atoms with E-state index in [4.69, 9.17) is 11.6 Å². The topological polar surface area (TPSA) is 69.7 Å². The van der Waals surface area contributed by atoms with Crippen molar-refractivity contribution in [3.63, 3.8) is 0 Å². The van der Waals surface area contributed by atoms with E-state index < -0.39 is 10.0 Å². The summed E-state index contributed by atoms with van der Waals surface area (Å²) in [4.78, 5) is 14.5. The summed E-state index contributed by atoms with van der Waals surface area (Å²) >= 11 is 6.24. The Morgan fingerprint density at radius 2 is 1.73 bits per heavy atom. The van der Waals surface area contributed by atoms with Crippen LogP contribution in [0.4, 0.5) is 11.4 Å².